The Labute approximate surface area is 104 Å². The van der Waals surface area contributed by atoms with E-state index in [9.17, 15) is 9.59 Å². The van der Waals surface area contributed by atoms with Crippen LogP contribution in [0.2, 0.25) is 0 Å². The predicted octanol–water partition coefficient (Wildman–Crippen LogP) is 1.55. The topological polar surface area (TPSA) is 49.4 Å². The molecule has 1 fully saturated rings. The molecule has 98 valence electrons. The van der Waals surface area contributed by atoms with E-state index in [2.05, 4.69) is 19.2 Å². The molecule has 2 amide bonds. The Morgan fingerprint density at radius 2 is 2.00 bits per heavy atom. The van der Waals surface area contributed by atoms with E-state index in [0.29, 0.717) is 18.9 Å². The number of carbonyl (C=O) groups excluding carboxylic acids is 2. The number of amides is 2. The number of hydrogen-bond acceptors (Lipinski definition) is 2. The summed E-state index contributed by atoms with van der Waals surface area (Å²) >= 11 is 0. The van der Waals surface area contributed by atoms with Crippen LogP contribution in [0.3, 0.4) is 0 Å². The lowest BCUT2D eigenvalue weighted by atomic mass is 10.0. The second-order valence-corrected chi connectivity index (χ2v) is 5.03. The van der Waals surface area contributed by atoms with E-state index in [1.54, 1.807) is 11.8 Å². The fraction of sp³-hybridized carbons (Fsp3) is 0.846. The minimum atomic E-state index is -0.329. The van der Waals surface area contributed by atoms with Gasteiger partial charge in [0.25, 0.3) is 0 Å². The van der Waals surface area contributed by atoms with Crippen molar-refractivity contribution >= 4 is 11.8 Å². The maximum Gasteiger partial charge on any atom is 0.245 e. The first kappa shape index (κ1) is 14.0. The zero-order valence-electron chi connectivity index (χ0n) is 11.3. The van der Waals surface area contributed by atoms with Crippen molar-refractivity contribution in [2.24, 2.45) is 5.92 Å². The summed E-state index contributed by atoms with van der Waals surface area (Å²) < 4.78 is 0. The van der Waals surface area contributed by atoms with Gasteiger partial charge in [-0.25, -0.2) is 0 Å². The van der Waals surface area contributed by atoms with Crippen molar-refractivity contribution in [2.45, 2.75) is 59.0 Å². The first-order valence-electron chi connectivity index (χ1n) is 6.62. The van der Waals surface area contributed by atoms with Crippen molar-refractivity contribution in [3.63, 3.8) is 0 Å². The van der Waals surface area contributed by atoms with Crippen molar-refractivity contribution < 1.29 is 9.59 Å². The summed E-state index contributed by atoms with van der Waals surface area (Å²) in [5.74, 6) is 0.498. The van der Waals surface area contributed by atoms with Gasteiger partial charge in [0.05, 0.1) is 0 Å². The SMILES string of the molecule is CCCC(C)CN1C(=O)C(CC)NC(=O)C1C. The van der Waals surface area contributed by atoms with E-state index in [-0.39, 0.29) is 23.9 Å². The van der Waals surface area contributed by atoms with E-state index in [4.69, 9.17) is 0 Å². The summed E-state index contributed by atoms with van der Waals surface area (Å²) in [6.45, 7) is 8.69. The number of rotatable bonds is 5. The molecule has 1 N–H and O–H groups in total. The average molecular weight is 240 g/mol. The summed E-state index contributed by atoms with van der Waals surface area (Å²) in [7, 11) is 0. The molecule has 0 saturated carbocycles. The van der Waals surface area contributed by atoms with Gasteiger partial charge in [-0.1, -0.05) is 27.2 Å². The molecule has 4 nitrogen and oxygen atoms in total. The fourth-order valence-corrected chi connectivity index (χ4v) is 2.33. The summed E-state index contributed by atoms with van der Waals surface area (Å²) in [6.07, 6.45) is 2.87. The number of carbonyl (C=O) groups is 2. The van der Waals surface area contributed by atoms with E-state index < -0.39 is 0 Å². The molecule has 0 aromatic carbocycles. The van der Waals surface area contributed by atoms with E-state index >= 15 is 0 Å². The van der Waals surface area contributed by atoms with Crippen molar-refractivity contribution in [1.29, 1.82) is 0 Å². The average Bonchev–Trinajstić information content (AvgIpc) is 2.29. The van der Waals surface area contributed by atoms with Gasteiger partial charge in [-0.2, -0.15) is 0 Å². The van der Waals surface area contributed by atoms with Crippen LogP contribution in [-0.2, 0) is 9.59 Å². The molecule has 4 heteroatoms. The quantitative estimate of drug-likeness (QED) is 0.792. The summed E-state index contributed by atoms with van der Waals surface area (Å²) in [4.78, 5) is 25.7. The molecular weight excluding hydrogens is 216 g/mol. The number of nitrogens with one attached hydrogen (secondary N) is 1. The highest BCUT2D eigenvalue weighted by atomic mass is 16.2. The normalized spacial score (nSPS) is 26.9. The van der Waals surface area contributed by atoms with Gasteiger partial charge in [-0.3, -0.25) is 9.59 Å². The monoisotopic (exact) mass is 240 g/mol. The fourth-order valence-electron chi connectivity index (χ4n) is 2.33. The van der Waals surface area contributed by atoms with Crippen molar-refractivity contribution in [2.75, 3.05) is 6.54 Å². The first-order chi connectivity index (χ1) is 8.01. The second kappa shape index (κ2) is 6.03. The van der Waals surface area contributed by atoms with E-state index in [0.717, 1.165) is 12.8 Å². The van der Waals surface area contributed by atoms with Crippen molar-refractivity contribution in [1.82, 2.24) is 10.2 Å². The van der Waals surface area contributed by atoms with Gasteiger partial charge in [0, 0.05) is 6.54 Å². The lowest BCUT2D eigenvalue weighted by molar-refractivity contribution is -0.149. The third-order valence-electron chi connectivity index (χ3n) is 3.44. The molecule has 1 aliphatic heterocycles. The highest BCUT2D eigenvalue weighted by Gasteiger charge is 2.37. The molecule has 3 unspecified atom stereocenters. The van der Waals surface area contributed by atoms with Gasteiger partial charge >= 0.3 is 0 Å². The van der Waals surface area contributed by atoms with Crippen LogP contribution < -0.4 is 5.32 Å². The van der Waals surface area contributed by atoms with Crippen molar-refractivity contribution in [3.05, 3.63) is 0 Å². The molecule has 0 radical (unpaired) electrons. The molecule has 0 spiro atoms. The predicted molar refractivity (Wildman–Crippen MR) is 67.5 cm³/mol. The first-order valence-corrected chi connectivity index (χ1v) is 6.62. The highest BCUT2D eigenvalue weighted by Crippen LogP contribution is 2.16. The molecule has 1 aliphatic rings. The van der Waals surface area contributed by atoms with Gasteiger partial charge in [0.15, 0.2) is 0 Å². The van der Waals surface area contributed by atoms with E-state index in [1.165, 1.54) is 0 Å². The molecule has 3 atom stereocenters. The van der Waals surface area contributed by atoms with Crippen LogP contribution in [0.15, 0.2) is 0 Å². The molecule has 0 aromatic rings. The Kier molecular flexibility index (Phi) is 4.97. The summed E-state index contributed by atoms with van der Waals surface area (Å²) in [5, 5.41) is 2.77. The largest absolute Gasteiger partial charge is 0.343 e. The molecule has 0 aliphatic carbocycles. The molecule has 0 aromatic heterocycles. The third kappa shape index (κ3) is 3.20. The van der Waals surface area contributed by atoms with Gasteiger partial charge < -0.3 is 10.2 Å². The zero-order valence-corrected chi connectivity index (χ0v) is 11.3. The maximum atomic E-state index is 12.2. The number of piperazine rings is 1. The Bertz CT molecular complexity index is 291. The van der Waals surface area contributed by atoms with Crippen LogP contribution in [0, 0.1) is 5.92 Å². The third-order valence-corrected chi connectivity index (χ3v) is 3.44. The van der Waals surface area contributed by atoms with Gasteiger partial charge in [-0.05, 0) is 25.7 Å². The van der Waals surface area contributed by atoms with Gasteiger partial charge in [0.2, 0.25) is 11.8 Å². The molecule has 1 heterocycles. The lowest BCUT2D eigenvalue weighted by Gasteiger charge is -2.38. The Morgan fingerprint density at radius 1 is 1.35 bits per heavy atom. The Hall–Kier alpha value is -1.06. The minimum absolute atomic E-state index is 0.0276. The second-order valence-electron chi connectivity index (χ2n) is 5.03. The smallest absolute Gasteiger partial charge is 0.245 e. The highest BCUT2D eigenvalue weighted by molar-refractivity contribution is 5.96. The van der Waals surface area contributed by atoms with Crippen LogP contribution in [0.1, 0.15) is 47.0 Å². The zero-order chi connectivity index (χ0) is 13.0. The number of nitrogens with zero attached hydrogens (tertiary/aromatic N) is 1. The van der Waals surface area contributed by atoms with Crippen LogP contribution in [0.5, 0.6) is 0 Å². The standard InChI is InChI=1S/C13H24N2O2/c1-5-7-9(3)8-15-10(4)12(16)14-11(6-2)13(15)17/h9-11H,5-8H2,1-4H3,(H,14,16). The maximum absolute atomic E-state index is 12.2. The minimum Gasteiger partial charge on any atom is -0.343 e. The molecule has 0 bridgehead atoms. The van der Waals surface area contributed by atoms with Gasteiger partial charge in [-0.15, -0.1) is 0 Å². The molecular formula is C13H24N2O2. The molecule has 1 rings (SSSR count). The van der Waals surface area contributed by atoms with Crippen molar-refractivity contribution in [3.8, 4) is 0 Å². The molecule has 1 saturated heterocycles. The Balaban J connectivity index is 2.71. The molecule has 17 heavy (non-hydrogen) atoms. The van der Waals surface area contributed by atoms with Crippen LogP contribution in [0.25, 0.3) is 0 Å². The van der Waals surface area contributed by atoms with Gasteiger partial charge in [0.1, 0.15) is 12.1 Å². The van der Waals surface area contributed by atoms with Crippen LogP contribution in [0.4, 0.5) is 0 Å². The summed E-state index contributed by atoms with van der Waals surface area (Å²) in [5.41, 5.74) is 0. The van der Waals surface area contributed by atoms with E-state index in [1.807, 2.05) is 6.92 Å². The number of hydrogen-bond donors (Lipinski definition) is 1. The van der Waals surface area contributed by atoms with Crippen LogP contribution in [-0.4, -0.2) is 35.3 Å². The Morgan fingerprint density at radius 3 is 2.53 bits per heavy atom. The van der Waals surface area contributed by atoms with Crippen LogP contribution >= 0.6 is 0 Å². The summed E-state index contributed by atoms with van der Waals surface area (Å²) in [6, 6.07) is -0.655. The lowest BCUT2D eigenvalue weighted by Crippen LogP contribution is -2.62.